The number of nitrogens with zero attached hydrogens (tertiary/aromatic N) is 2. The van der Waals surface area contributed by atoms with Crippen molar-refractivity contribution in [3.05, 3.63) is 77.7 Å². The molecule has 0 amide bonds. The number of ether oxygens (including phenoxy) is 2. The Labute approximate surface area is 212 Å². The van der Waals surface area contributed by atoms with Gasteiger partial charge in [0, 0.05) is 38.3 Å². The summed E-state index contributed by atoms with van der Waals surface area (Å²) in [6.07, 6.45) is 2.60. The van der Waals surface area contributed by atoms with Gasteiger partial charge in [-0.15, -0.1) is 24.0 Å². The van der Waals surface area contributed by atoms with Gasteiger partial charge in [0.1, 0.15) is 5.76 Å². The highest BCUT2D eigenvalue weighted by atomic mass is 127. The predicted molar refractivity (Wildman–Crippen MR) is 142 cm³/mol. The lowest BCUT2D eigenvalue weighted by Crippen LogP contribution is -2.30. The van der Waals surface area contributed by atoms with Crippen molar-refractivity contribution >= 4 is 35.6 Å². The molecular weight excluding hydrogens is 531 g/mol. The van der Waals surface area contributed by atoms with Crippen molar-refractivity contribution in [1.82, 2.24) is 10.2 Å². The fraction of sp³-hybridized carbons (Fsp3) is 0.320. The van der Waals surface area contributed by atoms with Crippen molar-refractivity contribution in [3.8, 4) is 11.5 Å². The normalized spacial score (nSPS) is 13.2. The molecule has 33 heavy (non-hydrogen) atoms. The molecule has 2 aromatic carbocycles. The van der Waals surface area contributed by atoms with Crippen LogP contribution in [0.2, 0.25) is 0 Å². The molecule has 7 nitrogen and oxygen atoms in total. The Balaban J connectivity index is 0.00000306. The Hall–Kier alpha value is -2.72. The number of rotatable bonds is 7. The number of fused-ring (bicyclic) bond motifs is 1. The van der Waals surface area contributed by atoms with Gasteiger partial charge in [0.25, 0.3) is 0 Å². The van der Waals surface area contributed by atoms with Crippen LogP contribution in [-0.2, 0) is 19.6 Å². The topological polar surface area (TPSA) is 71.3 Å². The molecule has 2 heterocycles. The van der Waals surface area contributed by atoms with Gasteiger partial charge >= 0.3 is 0 Å². The van der Waals surface area contributed by atoms with Crippen LogP contribution in [0, 0.1) is 0 Å². The van der Waals surface area contributed by atoms with Crippen LogP contribution in [0.5, 0.6) is 11.5 Å². The minimum Gasteiger partial charge on any atom is -0.490 e. The lowest BCUT2D eigenvalue weighted by Gasteiger charge is -2.19. The van der Waals surface area contributed by atoms with Crippen LogP contribution in [-0.4, -0.2) is 38.2 Å². The van der Waals surface area contributed by atoms with Gasteiger partial charge in [0.05, 0.1) is 26.0 Å². The molecule has 0 atom stereocenters. The van der Waals surface area contributed by atoms with Gasteiger partial charge in [-0.25, -0.2) is 0 Å². The van der Waals surface area contributed by atoms with E-state index >= 15 is 0 Å². The van der Waals surface area contributed by atoms with Crippen LogP contribution in [0.4, 0.5) is 5.69 Å². The van der Waals surface area contributed by atoms with Crippen LogP contribution < -0.4 is 20.1 Å². The monoisotopic (exact) mass is 562 g/mol. The maximum Gasteiger partial charge on any atom is 0.195 e. The first-order valence-electron chi connectivity index (χ1n) is 10.9. The zero-order valence-corrected chi connectivity index (χ0v) is 21.4. The zero-order valence-electron chi connectivity index (χ0n) is 19.0. The maximum absolute atomic E-state index is 5.79. The highest BCUT2D eigenvalue weighted by molar-refractivity contribution is 14.0. The van der Waals surface area contributed by atoms with Crippen LogP contribution in [0.25, 0.3) is 0 Å². The van der Waals surface area contributed by atoms with Gasteiger partial charge in [0.2, 0.25) is 0 Å². The molecule has 0 saturated carbocycles. The average Bonchev–Trinajstić information content (AvgIpc) is 3.20. The third-order valence-corrected chi connectivity index (χ3v) is 5.24. The van der Waals surface area contributed by atoms with E-state index in [9.17, 15) is 0 Å². The highest BCUT2D eigenvalue weighted by Crippen LogP contribution is 2.32. The third kappa shape index (κ3) is 7.13. The number of furan rings is 1. The molecule has 3 aromatic rings. The second kappa shape index (κ2) is 12.5. The zero-order chi connectivity index (χ0) is 22.2. The second-order valence-electron chi connectivity index (χ2n) is 7.78. The Kier molecular flexibility index (Phi) is 9.44. The molecule has 2 N–H and O–H groups in total. The van der Waals surface area contributed by atoms with Crippen LogP contribution >= 0.6 is 24.0 Å². The molecule has 0 aliphatic carbocycles. The first-order chi connectivity index (χ1) is 15.7. The lowest BCUT2D eigenvalue weighted by molar-refractivity contribution is 0.287. The molecule has 8 heteroatoms. The fourth-order valence-electron chi connectivity index (χ4n) is 3.64. The summed E-state index contributed by atoms with van der Waals surface area (Å²) >= 11 is 0. The highest BCUT2D eigenvalue weighted by Gasteiger charge is 2.12. The average molecular weight is 562 g/mol. The van der Waals surface area contributed by atoms with E-state index in [0.29, 0.717) is 25.7 Å². The molecule has 1 aromatic heterocycles. The lowest BCUT2D eigenvalue weighted by atomic mass is 10.1. The number of halogens is 1. The van der Waals surface area contributed by atoms with Crippen molar-refractivity contribution in [2.45, 2.75) is 26.1 Å². The molecule has 1 aliphatic heterocycles. The van der Waals surface area contributed by atoms with Gasteiger partial charge in [-0.1, -0.05) is 24.3 Å². The van der Waals surface area contributed by atoms with E-state index < -0.39 is 0 Å². The summed E-state index contributed by atoms with van der Waals surface area (Å²) in [6.45, 7) is 3.59. The smallest absolute Gasteiger partial charge is 0.195 e. The van der Waals surface area contributed by atoms with E-state index in [1.807, 2.05) is 30.3 Å². The summed E-state index contributed by atoms with van der Waals surface area (Å²) in [5.74, 6) is 3.19. The molecule has 176 valence electrons. The van der Waals surface area contributed by atoms with Crippen LogP contribution in [0.15, 0.2) is 70.3 Å². The number of benzene rings is 2. The summed E-state index contributed by atoms with van der Waals surface area (Å²) in [5.41, 5.74) is 3.38. The van der Waals surface area contributed by atoms with Crippen molar-refractivity contribution in [2.24, 2.45) is 4.99 Å². The van der Waals surface area contributed by atoms with Crippen LogP contribution in [0.1, 0.15) is 23.3 Å². The molecule has 4 rings (SSSR count). The van der Waals surface area contributed by atoms with Gasteiger partial charge in [0.15, 0.2) is 17.5 Å². The SMILES string of the molecule is CN=C(NCc1ccccc1CN(C)Cc1ccco1)Nc1ccc2c(c1)OCCCO2.I. The van der Waals surface area contributed by atoms with Crippen molar-refractivity contribution < 1.29 is 13.9 Å². The van der Waals surface area contributed by atoms with E-state index in [2.05, 4.69) is 51.8 Å². The minimum atomic E-state index is 0. The van der Waals surface area contributed by atoms with Crippen molar-refractivity contribution in [1.29, 1.82) is 0 Å². The van der Waals surface area contributed by atoms with Crippen molar-refractivity contribution in [2.75, 3.05) is 32.6 Å². The Morgan fingerprint density at radius 3 is 2.52 bits per heavy atom. The summed E-state index contributed by atoms with van der Waals surface area (Å²) in [4.78, 5) is 6.61. The van der Waals surface area contributed by atoms with Gasteiger partial charge in [-0.05, 0) is 42.4 Å². The standard InChI is InChI=1S/C25H30N4O3.HI/c1-26-25(28-21-10-11-23-24(15-21)32-14-6-13-31-23)27-16-19-7-3-4-8-20(19)17-29(2)18-22-9-5-12-30-22;/h3-5,7-12,15H,6,13-14,16-18H2,1-2H3,(H2,26,27,28);1H. The summed E-state index contributed by atoms with van der Waals surface area (Å²) < 4.78 is 17.0. The number of hydrogen-bond acceptors (Lipinski definition) is 5. The quantitative estimate of drug-likeness (QED) is 0.243. The van der Waals surface area contributed by atoms with E-state index in [1.54, 1.807) is 13.3 Å². The molecule has 0 spiro atoms. The molecular formula is C25H31IN4O3. The number of anilines is 1. The summed E-state index contributed by atoms with van der Waals surface area (Å²) in [7, 11) is 3.86. The minimum absolute atomic E-state index is 0. The molecule has 0 saturated heterocycles. The number of guanidine groups is 1. The van der Waals surface area contributed by atoms with E-state index in [4.69, 9.17) is 13.9 Å². The number of nitrogens with one attached hydrogen (secondary N) is 2. The fourth-order valence-corrected chi connectivity index (χ4v) is 3.64. The molecule has 1 aliphatic rings. The van der Waals surface area contributed by atoms with E-state index in [1.165, 1.54) is 11.1 Å². The van der Waals surface area contributed by atoms with E-state index in [-0.39, 0.29) is 24.0 Å². The molecule has 0 unspecified atom stereocenters. The maximum atomic E-state index is 5.79. The molecule has 0 fully saturated rings. The van der Waals surface area contributed by atoms with Gasteiger partial charge in [-0.2, -0.15) is 0 Å². The summed E-state index contributed by atoms with van der Waals surface area (Å²) in [5, 5.41) is 6.76. The third-order valence-electron chi connectivity index (χ3n) is 5.24. The van der Waals surface area contributed by atoms with Gasteiger partial charge in [-0.3, -0.25) is 9.89 Å². The first kappa shape index (κ1) is 24.9. The number of hydrogen-bond donors (Lipinski definition) is 2. The second-order valence-corrected chi connectivity index (χ2v) is 7.78. The Morgan fingerprint density at radius 2 is 1.76 bits per heavy atom. The first-order valence-corrected chi connectivity index (χ1v) is 10.9. The largest absolute Gasteiger partial charge is 0.490 e. The Morgan fingerprint density at radius 1 is 0.970 bits per heavy atom. The Bertz CT molecular complexity index is 1040. The van der Waals surface area contributed by atoms with Crippen molar-refractivity contribution in [3.63, 3.8) is 0 Å². The molecule has 0 bridgehead atoms. The number of aliphatic imine (C=N–C) groups is 1. The van der Waals surface area contributed by atoms with Gasteiger partial charge < -0.3 is 24.5 Å². The summed E-state index contributed by atoms with van der Waals surface area (Å²) in [6, 6.07) is 18.2. The van der Waals surface area contributed by atoms with E-state index in [0.717, 1.165) is 42.5 Å². The van der Waals surface area contributed by atoms with Crippen LogP contribution in [0.3, 0.4) is 0 Å². The molecule has 0 radical (unpaired) electrons. The predicted octanol–water partition coefficient (Wildman–Crippen LogP) is 4.88.